The zero-order chi connectivity index (χ0) is 13.0. The van der Waals surface area contributed by atoms with E-state index >= 15 is 0 Å². The van der Waals surface area contributed by atoms with Crippen LogP contribution in [0.2, 0.25) is 0 Å². The third kappa shape index (κ3) is 2.66. The number of carbonyl (C=O) groups excluding carboxylic acids is 2. The fraction of sp³-hybridized carbons (Fsp3) is 0.0909. The number of methoxy groups -OCH3 is 1. The summed E-state index contributed by atoms with van der Waals surface area (Å²) in [6, 6.07) is 1.68. The first-order valence-electron chi connectivity index (χ1n) is 4.41. The first-order chi connectivity index (χ1) is 8.01. The Labute approximate surface area is 95.4 Å². The Bertz CT molecular complexity index is 483. The Morgan fingerprint density at radius 3 is 2.53 bits per heavy atom. The zero-order valence-corrected chi connectivity index (χ0v) is 8.83. The third-order valence-corrected chi connectivity index (χ3v) is 1.83. The SMILES string of the molecule is C=CC(=O)OC(=O)c1ccc(F)c(OC)c1F. The summed E-state index contributed by atoms with van der Waals surface area (Å²) in [6.07, 6.45) is 0.747. The van der Waals surface area contributed by atoms with Crippen LogP contribution in [0.25, 0.3) is 0 Å². The van der Waals surface area contributed by atoms with Gasteiger partial charge in [0.1, 0.15) is 0 Å². The second-order valence-corrected chi connectivity index (χ2v) is 2.85. The van der Waals surface area contributed by atoms with Crippen LogP contribution in [0.3, 0.4) is 0 Å². The van der Waals surface area contributed by atoms with Gasteiger partial charge in [-0.25, -0.2) is 18.4 Å². The lowest BCUT2D eigenvalue weighted by Crippen LogP contribution is -2.12. The molecule has 0 aliphatic carbocycles. The maximum absolute atomic E-state index is 13.5. The molecule has 0 heterocycles. The molecular weight excluding hydrogens is 234 g/mol. The van der Waals surface area contributed by atoms with Gasteiger partial charge in [0, 0.05) is 6.08 Å². The van der Waals surface area contributed by atoms with E-state index in [0.717, 1.165) is 25.3 Å². The molecule has 0 bridgehead atoms. The highest BCUT2D eigenvalue weighted by Crippen LogP contribution is 2.24. The van der Waals surface area contributed by atoms with Crippen LogP contribution in [0.4, 0.5) is 8.78 Å². The monoisotopic (exact) mass is 242 g/mol. The van der Waals surface area contributed by atoms with E-state index in [4.69, 9.17) is 0 Å². The summed E-state index contributed by atoms with van der Waals surface area (Å²) in [4.78, 5) is 22.0. The lowest BCUT2D eigenvalue weighted by atomic mass is 10.2. The van der Waals surface area contributed by atoms with Crippen LogP contribution in [0.5, 0.6) is 5.75 Å². The van der Waals surface area contributed by atoms with Crippen LogP contribution in [-0.4, -0.2) is 19.0 Å². The van der Waals surface area contributed by atoms with E-state index in [1.165, 1.54) is 0 Å². The molecule has 4 nitrogen and oxygen atoms in total. The molecule has 0 amide bonds. The third-order valence-electron chi connectivity index (χ3n) is 1.83. The van der Waals surface area contributed by atoms with E-state index in [1.807, 2.05) is 0 Å². The summed E-state index contributed by atoms with van der Waals surface area (Å²) in [5.41, 5.74) is -0.599. The molecule has 1 aromatic rings. The molecular formula is C11H8F2O4. The van der Waals surface area contributed by atoms with Crippen LogP contribution in [0, 0.1) is 11.6 Å². The minimum atomic E-state index is -1.24. The Morgan fingerprint density at radius 1 is 1.35 bits per heavy atom. The van der Waals surface area contributed by atoms with Gasteiger partial charge in [0.25, 0.3) is 0 Å². The number of ether oxygens (including phenoxy) is 2. The predicted molar refractivity (Wildman–Crippen MR) is 53.5 cm³/mol. The Morgan fingerprint density at radius 2 is 2.00 bits per heavy atom. The van der Waals surface area contributed by atoms with E-state index < -0.39 is 34.9 Å². The van der Waals surface area contributed by atoms with Crippen molar-refractivity contribution in [2.24, 2.45) is 0 Å². The molecule has 0 aliphatic heterocycles. The van der Waals surface area contributed by atoms with Gasteiger partial charge < -0.3 is 9.47 Å². The summed E-state index contributed by atoms with van der Waals surface area (Å²) < 4.78 is 35.2. The maximum Gasteiger partial charge on any atom is 0.349 e. The number of carbonyl (C=O) groups is 2. The molecule has 0 N–H and O–H groups in total. The van der Waals surface area contributed by atoms with Gasteiger partial charge in [0.15, 0.2) is 17.4 Å². The summed E-state index contributed by atoms with van der Waals surface area (Å²) in [7, 11) is 1.05. The van der Waals surface area contributed by atoms with Crippen molar-refractivity contribution in [3.8, 4) is 5.75 Å². The minimum absolute atomic E-state index is 0.599. The summed E-state index contributed by atoms with van der Waals surface area (Å²) in [5.74, 6) is -5.18. The molecule has 0 unspecified atom stereocenters. The standard InChI is InChI=1S/C11H8F2O4/c1-3-8(14)17-11(15)6-4-5-7(12)10(16-2)9(6)13/h3-5H,1H2,2H3. The Hall–Kier alpha value is -2.24. The van der Waals surface area contributed by atoms with E-state index in [9.17, 15) is 18.4 Å². The first kappa shape index (κ1) is 12.8. The summed E-state index contributed by atoms with van der Waals surface area (Å²) >= 11 is 0. The van der Waals surface area contributed by atoms with Crippen molar-refractivity contribution < 1.29 is 27.8 Å². The highest BCUT2D eigenvalue weighted by molar-refractivity contribution is 6.00. The molecule has 0 fully saturated rings. The van der Waals surface area contributed by atoms with E-state index in [-0.39, 0.29) is 0 Å². The van der Waals surface area contributed by atoms with Crippen molar-refractivity contribution in [3.63, 3.8) is 0 Å². The smallest absolute Gasteiger partial charge is 0.349 e. The van der Waals surface area contributed by atoms with E-state index in [0.29, 0.717) is 0 Å². The van der Waals surface area contributed by atoms with Crippen LogP contribution >= 0.6 is 0 Å². The second kappa shape index (κ2) is 5.20. The van der Waals surface area contributed by atoms with Gasteiger partial charge in [-0.3, -0.25) is 0 Å². The van der Waals surface area contributed by atoms with Gasteiger partial charge in [-0.1, -0.05) is 6.58 Å². The molecule has 0 radical (unpaired) electrons. The van der Waals surface area contributed by atoms with Crippen molar-refractivity contribution in [1.82, 2.24) is 0 Å². The summed E-state index contributed by atoms with van der Waals surface area (Å²) in [6.45, 7) is 3.07. The molecule has 1 aromatic carbocycles. The number of hydrogen-bond acceptors (Lipinski definition) is 4. The van der Waals surface area contributed by atoms with Gasteiger partial charge in [0.2, 0.25) is 0 Å². The number of rotatable bonds is 3. The van der Waals surface area contributed by atoms with Gasteiger partial charge in [0.05, 0.1) is 12.7 Å². The van der Waals surface area contributed by atoms with Crippen LogP contribution in [0.15, 0.2) is 24.8 Å². The molecule has 0 saturated carbocycles. The summed E-state index contributed by atoms with van der Waals surface area (Å²) in [5, 5.41) is 0. The fourth-order valence-electron chi connectivity index (χ4n) is 1.07. The Balaban J connectivity index is 3.11. The molecule has 0 spiro atoms. The van der Waals surface area contributed by atoms with Crippen LogP contribution in [0.1, 0.15) is 10.4 Å². The Kier molecular flexibility index (Phi) is 3.92. The van der Waals surface area contributed by atoms with Gasteiger partial charge in [-0.05, 0) is 12.1 Å². The normalized spacial score (nSPS) is 9.59. The largest absolute Gasteiger partial charge is 0.491 e. The molecule has 0 aliphatic rings. The molecule has 6 heteroatoms. The van der Waals surface area contributed by atoms with Crippen LogP contribution in [-0.2, 0) is 9.53 Å². The molecule has 1 rings (SSSR count). The average Bonchev–Trinajstić information content (AvgIpc) is 2.29. The van der Waals surface area contributed by atoms with Crippen molar-refractivity contribution in [2.45, 2.75) is 0 Å². The van der Waals surface area contributed by atoms with Crippen molar-refractivity contribution in [3.05, 3.63) is 42.0 Å². The first-order valence-corrected chi connectivity index (χ1v) is 4.41. The molecule has 0 saturated heterocycles. The number of halogens is 2. The van der Waals surface area contributed by atoms with Crippen molar-refractivity contribution >= 4 is 11.9 Å². The van der Waals surface area contributed by atoms with Crippen molar-refractivity contribution in [1.29, 1.82) is 0 Å². The van der Waals surface area contributed by atoms with Crippen LogP contribution < -0.4 is 4.74 Å². The minimum Gasteiger partial charge on any atom is -0.491 e. The van der Waals surface area contributed by atoms with Gasteiger partial charge >= 0.3 is 11.9 Å². The second-order valence-electron chi connectivity index (χ2n) is 2.85. The maximum atomic E-state index is 13.5. The molecule has 90 valence electrons. The molecule has 0 aromatic heterocycles. The highest BCUT2D eigenvalue weighted by atomic mass is 19.1. The van der Waals surface area contributed by atoms with E-state index in [2.05, 4.69) is 16.1 Å². The highest BCUT2D eigenvalue weighted by Gasteiger charge is 2.21. The predicted octanol–water partition coefficient (Wildman–Crippen LogP) is 1.84. The fourth-order valence-corrected chi connectivity index (χ4v) is 1.07. The van der Waals surface area contributed by atoms with Crippen molar-refractivity contribution in [2.75, 3.05) is 7.11 Å². The quantitative estimate of drug-likeness (QED) is 0.461. The number of hydrogen-bond donors (Lipinski definition) is 0. The molecule has 17 heavy (non-hydrogen) atoms. The lowest BCUT2D eigenvalue weighted by Gasteiger charge is -2.06. The zero-order valence-electron chi connectivity index (χ0n) is 8.83. The number of benzene rings is 1. The topological polar surface area (TPSA) is 52.6 Å². The average molecular weight is 242 g/mol. The van der Waals surface area contributed by atoms with Gasteiger partial charge in [-0.15, -0.1) is 0 Å². The number of esters is 2. The van der Waals surface area contributed by atoms with Gasteiger partial charge in [-0.2, -0.15) is 0 Å². The lowest BCUT2D eigenvalue weighted by molar-refractivity contribution is -0.132. The van der Waals surface area contributed by atoms with E-state index in [1.54, 1.807) is 0 Å². The molecule has 0 atom stereocenters.